The summed E-state index contributed by atoms with van der Waals surface area (Å²) in [5.74, 6) is 0.398. The Labute approximate surface area is 144 Å². The van der Waals surface area contributed by atoms with Crippen LogP contribution in [-0.4, -0.2) is 42.0 Å². The van der Waals surface area contributed by atoms with Crippen molar-refractivity contribution in [2.24, 2.45) is 5.92 Å². The summed E-state index contributed by atoms with van der Waals surface area (Å²) in [5, 5.41) is 2.88. The highest BCUT2D eigenvalue weighted by atomic mass is 16.5. The van der Waals surface area contributed by atoms with E-state index in [9.17, 15) is 9.59 Å². The number of furan rings is 2. The Kier molecular flexibility index (Phi) is 4.31. The summed E-state index contributed by atoms with van der Waals surface area (Å²) < 4.78 is 16.2. The van der Waals surface area contributed by atoms with E-state index in [4.69, 9.17) is 13.6 Å². The van der Waals surface area contributed by atoms with Crippen molar-refractivity contribution in [2.75, 3.05) is 13.2 Å². The predicted octanol–water partition coefficient (Wildman–Crippen LogP) is 1.81. The Hall–Kier alpha value is -2.54. The second-order valence-electron chi connectivity index (χ2n) is 6.43. The molecule has 0 bridgehead atoms. The van der Waals surface area contributed by atoms with Crippen molar-refractivity contribution in [2.45, 2.75) is 31.5 Å². The molecule has 25 heavy (non-hydrogen) atoms. The minimum Gasteiger partial charge on any atom is -0.467 e. The fourth-order valence-electron chi connectivity index (χ4n) is 3.64. The molecule has 0 aromatic carbocycles. The summed E-state index contributed by atoms with van der Waals surface area (Å²) in [6.45, 7) is 1.31. The van der Waals surface area contributed by atoms with Gasteiger partial charge < -0.3 is 23.8 Å². The topological polar surface area (TPSA) is 84.9 Å². The summed E-state index contributed by atoms with van der Waals surface area (Å²) in [6.07, 6.45) is 4.36. The molecule has 0 spiro atoms. The maximum absolute atomic E-state index is 12.7. The second kappa shape index (κ2) is 6.76. The molecular weight excluding hydrogens is 324 g/mol. The van der Waals surface area contributed by atoms with Gasteiger partial charge >= 0.3 is 0 Å². The van der Waals surface area contributed by atoms with Crippen LogP contribution in [-0.2, 0) is 16.1 Å². The van der Waals surface area contributed by atoms with Crippen molar-refractivity contribution in [1.82, 2.24) is 10.2 Å². The van der Waals surface area contributed by atoms with Crippen LogP contribution in [0.25, 0.3) is 0 Å². The lowest BCUT2D eigenvalue weighted by atomic mass is 9.89. The number of hydrogen-bond donors (Lipinski definition) is 1. The molecule has 1 N–H and O–H groups in total. The van der Waals surface area contributed by atoms with E-state index >= 15 is 0 Å². The Balaban J connectivity index is 1.46. The number of fused-ring (bicyclic) bond motifs is 1. The van der Waals surface area contributed by atoms with Gasteiger partial charge in [-0.1, -0.05) is 0 Å². The number of ether oxygens (including phenoxy) is 1. The van der Waals surface area contributed by atoms with Gasteiger partial charge in [0.1, 0.15) is 5.76 Å². The lowest BCUT2D eigenvalue weighted by Crippen LogP contribution is -2.54. The van der Waals surface area contributed by atoms with Gasteiger partial charge in [-0.15, -0.1) is 0 Å². The van der Waals surface area contributed by atoms with Crippen LogP contribution in [0.5, 0.6) is 0 Å². The average molecular weight is 344 g/mol. The summed E-state index contributed by atoms with van der Waals surface area (Å²) >= 11 is 0. The van der Waals surface area contributed by atoms with E-state index < -0.39 is 0 Å². The standard InChI is InChI=1S/C18H20N2O5/c21-17(19-10-13-3-1-6-23-13)12-9-16-14(5-8-25-16)20(11-12)18(22)15-4-2-7-24-15/h1-4,6-7,12,14,16H,5,8-11H2,(H,19,21)/t12-,14+,16+/m0/s1. The van der Waals surface area contributed by atoms with Gasteiger partial charge in [0.05, 0.1) is 37.1 Å². The molecule has 2 fully saturated rings. The van der Waals surface area contributed by atoms with Crippen LogP contribution in [0.15, 0.2) is 45.6 Å². The second-order valence-corrected chi connectivity index (χ2v) is 6.43. The van der Waals surface area contributed by atoms with Gasteiger partial charge in [0.15, 0.2) is 5.76 Å². The lowest BCUT2D eigenvalue weighted by Gasteiger charge is -2.39. The molecule has 4 heterocycles. The lowest BCUT2D eigenvalue weighted by molar-refractivity contribution is -0.129. The first-order valence-corrected chi connectivity index (χ1v) is 8.48. The molecule has 2 amide bonds. The molecule has 2 aromatic heterocycles. The largest absolute Gasteiger partial charge is 0.467 e. The summed E-state index contributed by atoms with van der Waals surface area (Å²) in [5.41, 5.74) is 0. The zero-order chi connectivity index (χ0) is 17.2. The van der Waals surface area contributed by atoms with Crippen molar-refractivity contribution in [3.63, 3.8) is 0 Å². The molecule has 3 atom stereocenters. The van der Waals surface area contributed by atoms with Gasteiger partial charge in [0, 0.05) is 13.2 Å². The quantitative estimate of drug-likeness (QED) is 0.914. The zero-order valence-electron chi connectivity index (χ0n) is 13.7. The first kappa shape index (κ1) is 16.0. The number of rotatable bonds is 4. The normalized spacial score (nSPS) is 25.6. The van der Waals surface area contributed by atoms with E-state index in [0.717, 1.165) is 6.42 Å². The molecule has 0 radical (unpaired) electrons. The molecule has 0 unspecified atom stereocenters. The molecule has 2 aliphatic heterocycles. The predicted molar refractivity (Wildman–Crippen MR) is 86.6 cm³/mol. The minimum absolute atomic E-state index is 0.00623. The van der Waals surface area contributed by atoms with Crippen molar-refractivity contribution >= 4 is 11.8 Å². The molecule has 0 aliphatic carbocycles. The van der Waals surface area contributed by atoms with Crippen LogP contribution >= 0.6 is 0 Å². The van der Waals surface area contributed by atoms with E-state index in [2.05, 4.69) is 5.32 Å². The Morgan fingerprint density at radius 2 is 2.04 bits per heavy atom. The third-order valence-corrected chi connectivity index (χ3v) is 4.89. The molecular formula is C18H20N2O5. The van der Waals surface area contributed by atoms with Gasteiger partial charge in [-0.2, -0.15) is 0 Å². The summed E-state index contributed by atoms with van der Waals surface area (Å²) in [6, 6.07) is 6.93. The molecule has 7 nitrogen and oxygen atoms in total. The van der Waals surface area contributed by atoms with Gasteiger partial charge in [0.2, 0.25) is 5.91 Å². The van der Waals surface area contributed by atoms with Crippen molar-refractivity contribution < 1.29 is 23.2 Å². The Morgan fingerprint density at radius 1 is 1.20 bits per heavy atom. The molecule has 7 heteroatoms. The highest BCUT2D eigenvalue weighted by Crippen LogP contribution is 2.32. The zero-order valence-corrected chi connectivity index (χ0v) is 13.7. The van der Waals surface area contributed by atoms with Crippen molar-refractivity contribution in [1.29, 1.82) is 0 Å². The monoisotopic (exact) mass is 344 g/mol. The Bertz CT molecular complexity index is 725. The fourth-order valence-corrected chi connectivity index (χ4v) is 3.64. The maximum Gasteiger partial charge on any atom is 0.289 e. The van der Waals surface area contributed by atoms with E-state index in [-0.39, 0.29) is 29.9 Å². The van der Waals surface area contributed by atoms with Crippen molar-refractivity contribution in [3.05, 3.63) is 48.3 Å². The van der Waals surface area contributed by atoms with E-state index in [1.807, 2.05) is 6.07 Å². The third-order valence-electron chi connectivity index (χ3n) is 4.89. The number of nitrogens with zero attached hydrogens (tertiary/aromatic N) is 1. The highest BCUT2D eigenvalue weighted by molar-refractivity contribution is 5.92. The number of piperidine rings is 1. The van der Waals surface area contributed by atoms with Crippen LogP contribution in [0, 0.1) is 5.92 Å². The molecule has 2 saturated heterocycles. The van der Waals surface area contributed by atoms with Gasteiger partial charge in [0.25, 0.3) is 5.91 Å². The highest BCUT2D eigenvalue weighted by Gasteiger charge is 2.44. The van der Waals surface area contributed by atoms with Crippen LogP contribution < -0.4 is 5.32 Å². The molecule has 4 rings (SSSR count). The molecule has 132 valence electrons. The van der Waals surface area contributed by atoms with Crippen LogP contribution in [0.2, 0.25) is 0 Å². The van der Waals surface area contributed by atoms with Crippen LogP contribution in [0.1, 0.15) is 29.2 Å². The Morgan fingerprint density at radius 3 is 2.80 bits per heavy atom. The number of likely N-dealkylation sites (tertiary alicyclic amines) is 1. The van der Waals surface area contributed by atoms with E-state index in [1.165, 1.54) is 6.26 Å². The van der Waals surface area contributed by atoms with Gasteiger partial charge in [-0.3, -0.25) is 9.59 Å². The maximum atomic E-state index is 12.7. The number of carbonyl (C=O) groups excluding carboxylic acids is 2. The SMILES string of the molecule is O=C(NCc1ccco1)[C@H]1C[C@H]2OCC[C@H]2N(C(=O)c2ccco2)C1. The number of hydrogen-bond acceptors (Lipinski definition) is 5. The van der Waals surface area contributed by atoms with E-state index in [1.54, 1.807) is 29.4 Å². The number of carbonyl (C=O) groups is 2. The summed E-state index contributed by atoms with van der Waals surface area (Å²) in [4.78, 5) is 27.0. The third kappa shape index (κ3) is 3.19. The van der Waals surface area contributed by atoms with Gasteiger partial charge in [-0.25, -0.2) is 0 Å². The molecule has 2 aromatic rings. The summed E-state index contributed by atoms with van der Waals surface area (Å²) in [7, 11) is 0. The average Bonchev–Trinajstić information content (AvgIpc) is 3.40. The first-order chi connectivity index (χ1) is 12.2. The molecule has 2 aliphatic rings. The van der Waals surface area contributed by atoms with Crippen molar-refractivity contribution in [3.8, 4) is 0 Å². The number of nitrogens with one attached hydrogen (secondary N) is 1. The first-order valence-electron chi connectivity index (χ1n) is 8.48. The van der Waals surface area contributed by atoms with Crippen LogP contribution in [0.4, 0.5) is 0 Å². The number of amides is 2. The van der Waals surface area contributed by atoms with Crippen LogP contribution in [0.3, 0.4) is 0 Å². The fraction of sp³-hybridized carbons (Fsp3) is 0.444. The van der Waals surface area contributed by atoms with Gasteiger partial charge in [-0.05, 0) is 37.1 Å². The van der Waals surface area contributed by atoms with E-state index in [0.29, 0.717) is 37.6 Å². The minimum atomic E-state index is -0.312. The molecule has 0 saturated carbocycles. The smallest absolute Gasteiger partial charge is 0.289 e.